The lowest BCUT2D eigenvalue weighted by Gasteiger charge is -2.31. The average molecular weight is 563 g/mol. The fourth-order valence-electron chi connectivity index (χ4n) is 3.86. The highest BCUT2D eigenvalue weighted by Gasteiger charge is 2.25. The molecule has 39 heavy (non-hydrogen) atoms. The highest BCUT2D eigenvalue weighted by Crippen LogP contribution is 2.28. The Morgan fingerprint density at radius 3 is 1.97 bits per heavy atom. The zero-order valence-electron chi connectivity index (χ0n) is 23.9. The molecule has 0 saturated heterocycles. The number of nitrogens with zero attached hydrogens (tertiary/aromatic N) is 3. The second-order valence-corrected chi connectivity index (χ2v) is 9.74. The van der Waals surface area contributed by atoms with Crippen LogP contribution in [0.2, 0.25) is 0 Å². The first kappa shape index (κ1) is 33.6. The topological polar surface area (TPSA) is 107 Å². The summed E-state index contributed by atoms with van der Waals surface area (Å²) in [5, 5.41) is 3.50. The first-order chi connectivity index (χ1) is 18.1. The normalized spacial score (nSPS) is 10.9. The third kappa shape index (κ3) is 11.0. The molecule has 0 aliphatic heterocycles. The molecule has 0 aliphatic carbocycles. The lowest BCUT2D eigenvalue weighted by Crippen LogP contribution is -2.42. The molecular formula is C29H43ClN4O5. The Morgan fingerprint density at radius 2 is 1.44 bits per heavy atom. The molecule has 0 aliphatic rings. The Bertz CT molecular complexity index is 1050. The number of halogens is 1. The molecule has 0 unspecified atom stereocenters. The monoisotopic (exact) mass is 562 g/mol. The largest absolute Gasteiger partial charge is 0.494 e. The van der Waals surface area contributed by atoms with Crippen molar-refractivity contribution in [3.63, 3.8) is 0 Å². The van der Waals surface area contributed by atoms with Gasteiger partial charge in [-0.3, -0.25) is 9.59 Å². The predicted molar refractivity (Wildman–Crippen MR) is 157 cm³/mol. The number of amides is 2. The van der Waals surface area contributed by atoms with Crippen molar-refractivity contribution in [1.82, 2.24) is 9.80 Å². The number of hydrazone groups is 1. The Morgan fingerprint density at radius 1 is 0.872 bits per heavy atom. The first-order valence-corrected chi connectivity index (χ1v) is 13.0. The third-order valence-corrected chi connectivity index (χ3v) is 5.81. The lowest BCUT2D eigenvalue weighted by atomic mass is 10.1. The van der Waals surface area contributed by atoms with Crippen LogP contribution in [0.4, 0.5) is 0 Å². The molecule has 2 rings (SSSR count). The molecule has 0 radical (unpaired) electrons. The summed E-state index contributed by atoms with van der Waals surface area (Å²) in [5.74, 6) is 6.55. The summed E-state index contributed by atoms with van der Waals surface area (Å²) >= 11 is 0. The standard InChI is InChI=1S/C29H42N4O5.ClH/c1-21(2)33(22(3)4)29(35)26-15-14-25(18-27(26)38-20-28(34)32(5)6)37-17-9-7-8-16-36-24-12-10-23(11-13-24)19-31-30;/h10-15,18-19,21-22H,7-9,16-17,20,30H2,1-6H3;1H. The van der Waals surface area contributed by atoms with Crippen molar-refractivity contribution in [1.29, 1.82) is 0 Å². The second kappa shape index (κ2) is 17.2. The van der Waals surface area contributed by atoms with E-state index in [-0.39, 0.29) is 42.9 Å². The number of unbranched alkanes of at least 4 members (excludes halogenated alkanes) is 2. The van der Waals surface area contributed by atoms with Crippen molar-refractivity contribution in [2.75, 3.05) is 33.9 Å². The maximum Gasteiger partial charge on any atom is 0.259 e. The molecule has 0 fully saturated rings. The second-order valence-electron chi connectivity index (χ2n) is 9.74. The van der Waals surface area contributed by atoms with Gasteiger partial charge in [-0.15, -0.1) is 12.4 Å². The minimum Gasteiger partial charge on any atom is -0.494 e. The molecule has 216 valence electrons. The van der Waals surface area contributed by atoms with Crippen LogP contribution < -0.4 is 20.1 Å². The van der Waals surface area contributed by atoms with Gasteiger partial charge >= 0.3 is 0 Å². The third-order valence-electron chi connectivity index (χ3n) is 5.81. The van der Waals surface area contributed by atoms with E-state index in [0.29, 0.717) is 30.3 Å². The van der Waals surface area contributed by atoms with Gasteiger partial charge in [0.05, 0.1) is 25.0 Å². The van der Waals surface area contributed by atoms with Crippen LogP contribution in [0, 0.1) is 0 Å². The minimum atomic E-state index is -0.193. The molecule has 10 heteroatoms. The van der Waals surface area contributed by atoms with Crippen LogP contribution in [-0.4, -0.2) is 73.8 Å². The number of carbonyl (C=O) groups is 2. The van der Waals surface area contributed by atoms with E-state index in [9.17, 15) is 9.59 Å². The predicted octanol–water partition coefficient (Wildman–Crippen LogP) is 4.76. The summed E-state index contributed by atoms with van der Waals surface area (Å²) in [5.41, 5.74) is 1.33. The van der Waals surface area contributed by atoms with Crippen LogP contribution >= 0.6 is 12.4 Å². The fourth-order valence-corrected chi connectivity index (χ4v) is 3.86. The number of ether oxygens (including phenoxy) is 3. The van der Waals surface area contributed by atoms with Crippen LogP contribution in [0.25, 0.3) is 0 Å². The SMILES string of the molecule is CC(C)N(C(=O)c1ccc(OCCCCCOc2ccc(C=NN)cc2)cc1OCC(=O)N(C)C)C(C)C.Cl. The van der Waals surface area contributed by atoms with Gasteiger partial charge in [0.25, 0.3) is 11.8 Å². The zero-order valence-corrected chi connectivity index (χ0v) is 24.7. The number of benzene rings is 2. The molecule has 2 aromatic rings. The molecule has 2 N–H and O–H groups in total. The Labute approximate surface area is 238 Å². The molecule has 2 aromatic carbocycles. The Balaban J connectivity index is 0.00000760. The van der Waals surface area contributed by atoms with Gasteiger partial charge in [0.1, 0.15) is 17.2 Å². The number of carbonyl (C=O) groups excluding carboxylic acids is 2. The van der Waals surface area contributed by atoms with E-state index in [2.05, 4.69) is 5.10 Å². The summed E-state index contributed by atoms with van der Waals surface area (Å²) in [6.07, 6.45) is 4.26. The van der Waals surface area contributed by atoms with E-state index < -0.39 is 0 Å². The van der Waals surface area contributed by atoms with Gasteiger partial charge < -0.3 is 29.9 Å². The highest BCUT2D eigenvalue weighted by atomic mass is 35.5. The lowest BCUT2D eigenvalue weighted by molar-refractivity contribution is -0.130. The smallest absolute Gasteiger partial charge is 0.259 e. The molecule has 2 amide bonds. The fraction of sp³-hybridized carbons (Fsp3) is 0.483. The van der Waals surface area contributed by atoms with Crippen molar-refractivity contribution < 1.29 is 23.8 Å². The zero-order chi connectivity index (χ0) is 28.1. The van der Waals surface area contributed by atoms with Crippen molar-refractivity contribution in [2.45, 2.75) is 59.0 Å². The Kier molecular flexibility index (Phi) is 14.8. The van der Waals surface area contributed by atoms with E-state index in [0.717, 1.165) is 30.6 Å². The maximum absolute atomic E-state index is 13.3. The van der Waals surface area contributed by atoms with Gasteiger partial charge in [-0.25, -0.2) is 0 Å². The summed E-state index contributed by atoms with van der Waals surface area (Å²) in [7, 11) is 3.33. The van der Waals surface area contributed by atoms with Crippen LogP contribution in [0.5, 0.6) is 17.2 Å². The number of likely N-dealkylation sites (N-methyl/N-ethyl adjacent to an activating group) is 1. The summed E-state index contributed by atoms with van der Waals surface area (Å²) < 4.78 is 17.5. The number of nitrogens with two attached hydrogens (primary N) is 1. The molecule has 0 saturated carbocycles. The maximum atomic E-state index is 13.3. The van der Waals surface area contributed by atoms with Crippen molar-refractivity contribution >= 4 is 30.4 Å². The van der Waals surface area contributed by atoms with Gasteiger partial charge in [0, 0.05) is 32.2 Å². The molecular weight excluding hydrogens is 520 g/mol. The van der Waals surface area contributed by atoms with E-state index in [1.807, 2.05) is 52.0 Å². The molecule has 0 aromatic heterocycles. The Hall–Kier alpha value is -3.46. The van der Waals surface area contributed by atoms with Crippen molar-refractivity contribution in [3.05, 3.63) is 53.6 Å². The average Bonchev–Trinajstić information content (AvgIpc) is 2.87. The van der Waals surface area contributed by atoms with Crippen LogP contribution in [0.15, 0.2) is 47.6 Å². The van der Waals surface area contributed by atoms with E-state index in [1.165, 1.54) is 4.90 Å². The van der Waals surface area contributed by atoms with Crippen molar-refractivity contribution in [3.8, 4) is 17.2 Å². The van der Waals surface area contributed by atoms with E-state index in [4.69, 9.17) is 20.1 Å². The molecule has 9 nitrogen and oxygen atoms in total. The number of hydrogen-bond acceptors (Lipinski definition) is 7. The molecule has 0 spiro atoms. The molecule has 0 atom stereocenters. The molecule has 0 bridgehead atoms. The number of hydrogen-bond donors (Lipinski definition) is 1. The summed E-state index contributed by atoms with van der Waals surface area (Å²) in [6, 6.07) is 12.8. The van der Waals surface area contributed by atoms with E-state index >= 15 is 0 Å². The highest BCUT2D eigenvalue weighted by molar-refractivity contribution is 5.97. The van der Waals surface area contributed by atoms with Crippen LogP contribution in [-0.2, 0) is 4.79 Å². The quantitative estimate of drug-likeness (QED) is 0.145. The molecule has 0 heterocycles. The van der Waals surface area contributed by atoms with Gasteiger partial charge in [-0.05, 0) is 88.9 Å². The van der Waals surface area contributed by atoms with Crippen LogP contribution in [0.1, 0.15) is 62.9 Å². The van der Waals surface area contributed by atoms with Gasteiger partial charge in [0.15, 0.2) is 6.61 Å². The minimum absolute atomic E-state index is 0. The van der Waals surface area contributed by atoms with E-state index in [1.54, 1.807) is 43.4 Å². The van der Waals surface area contributed by atoms with Gasteiger partial charge in [-0.1, -0.05) is 0 Å². The summed E-state index contributed by atoms with van der Waals surface area (Å²) in [6.45, 7) is 8.87. The number of rotatable bonds is 15. The van der Waals surface area contributed by atoms with Crippen molar-refractivity contribution in [2.24, 2.45) is 10.9 Å². The van der Waals surface area contributed by atoms with Gasteiger partial charge in [0.2, 0.25) is 0 Å². The van der Waals surface area contributed by atoms with Gasteiger partial charge in [-0.2, -0.15) is 5.10 Å². The van der Waals surface area contributed by atoms with Crippen LogP contribution in [0.3, 0.4) is 0 Å². The summed E-state index contributed by atoms with van der Waals surface area (Å²) in [4.78, 5) is 28.7. The first-order valence-electron chi connectivity index (χ1n) is 13.0.